The first kappa shape index (κ1) is 22.5. The number of nitrogens with one attached hydrogen (secondary N) is 1. The van der Waals surface area contributed by atoms with Gasteiger partial charge >= 0.3 is 5.97 Å². The Labute approximate surface area is 205 Å². The van der Waals surface area contributed by atoms with Crippen LogP contribution in [0.15, 0.2) is 53.5 Å². The van der Waals surface area contributed by atoms with Crippen molar-refractivity contribution in [2.24, 2.45) is 0 Å². The maximum absolute atomic E-state index is 15.4. The van der Waals surface area contributed by atoms with Gasteiger partial charge in [0.25, 0.3) is 0 Å². The van der Waals surface area contributed by atoms with E-state index in [1.807, 2.05) is 30.3 Å². The number of ether oxygens (including phenoxy) is 2. The molecule has 1 fully saturated rings. The van der Waals surface area contributed by atoms with Crippen molar-refractivity contribution in [2.45, 2.75) is 6.42 Å². The Bertz CT molecular complexity index is 1580. The number of carboxylic acids is 1. The number of carboxylic acid groups (broad SMARTS) is 1. The molecule has 36 heavy (non-hydrogen) atoms. The number of benzene rings is 3. The molecular weight excluding hydrogens is 465 g/mol. The second-order valence-corrected chi connectivity index (χ2v) is 8.98. The van der Waals surface area contributed by atoms with Crippen LogP contribution in [0.3, 0.4) is 0 Å². The molecule has 0 atom stereocenters. The zero-order valence-electron chi connectivity index (χ0n) is 19.4. The Balaban J connectivity index is 1.48. The Kier molecular flexibility index (Phi) is 5.58. The summed E-state index contributed by atoms with van der Waals surface area (Å²) in [5.74, 6) is -1.41. The van der Waals surface area contributed by atoms with Gasteiger partial charge in [-0.3, -0.25) is 9.69 Å². The van der Waals surface area contributed by atoms with Crippen molar-refractivity contribution >= 4 is 33.3 Å². The highest BCUT2D eigenvalue weighted by Crippen LogP contribution is 2.47. The largest absolute Gasteiger partial charge is 0.477 e. The minimum Gasteiger partial charge on any atom is -0.477 e. The Morgan fingerprint density at radius 2 is 1.92 bits per heavy atom. The fourth-order valence-corrected chi connectivity index (χ4v) is 5.04. The first-order chi connectivity index (χ1) is 17.5. The lowest BCUT2D eigenvalue weighted by Crippen LogP contribution is -2.37. The van der Waals surface area contributed by atoms with Gasteiger partial charge in [-0.1, -0.05) is 30.3 Å². The lowest BCUT2D eigenvalue weighted by Gasteiger charge is -2.28. The Morgan fingerprint density at radius 1 is 1.11 bits per heavy atom. The fourth-order valence-electron chi connectivity index (χ4n) is 5.04. The number of halogens is 1. The number of aromatic nitrogens is 1. The molecular formula is C27H24FN3O5. The molecule has 0 bridgehead atoms. The minimum absolute atomic E-state index is 0.0418. The number of anilines is 1. The third-order valence-corrected chi connectivity index (χ3v) is 6.80. The van der Waals surface area contributed by atoms with Crippen molar-refractivity contribution in [1.29, 1.82) is 0 Å². The number of hydrogen-bond acceptors (Lipinski definition) is 6. The van der Waals surface area contributed by atoms with Crippen molar-refractivity contribution in [1.82, 2.24) is 9.47 Å². The van der Waals surface area contributed by atoms with Crippen LogP contribution in [0.4, 0.5) is 10.1 Å². The molecule has 1 saturated heterocycles. The zero-order valence-corrected chi connectivity index (χ0v) is 19.4. The van der Waals surface area contributed by atoms with Gasteiger partial charge in [-0.15, -0.1) is 0 Å². The van der Waals surface area contributed by atoms with Gasteiger partial charge in [0.15, 0.2) is 17.3 Å². The number of fused-ring (bicyclic) bond motifs is 4. The second kappa shape index (κ2) is 8.92. The molecule has 1 aromatic heterocycles. The normalized spacial score (nSPS) is 15.0. The standard InChI is InChI=1S/C27H24FN3O5/c28-20-14-18-24-26(22(20)29-8-3-9-30-10-12-35-13-11-30)36-21-7-6-16-4-1-2-5-17(16)23(21)31(24)15-19(25(18)32)27(33)34/h1-2,4-7,14-15,29H,3,8-13H2,(H,33,34). The molecule has 3 heterocycles. The van der Waals surface area contributed by atoms with E-state index >= 15 is 4.39 Å². The molecule has 2 N–H and O–H groups in total. The highest BCUT2D eigenvalue weighted by Gasteiger charge is 2.29. The van der Waals surface area contributed by atoms with Crippen LogP contribution < -0.4 is 15.5 Å². The highest BCUT2D eigenvalue weighted by molar-refractivity contribution is 6.02. The summed E-state index contributed by atoms with van der Waals surface area (Å²) in [6.45, 7) is 4.54. The number of aromatic carboxylic acids is 1. The van der Waals surface area contributed by atoms with Gasteiger partial charge in [0.2, 0.25) is 5.43 Å². The number of rotatable bonds is 6. The van der Waals surface area contributed by atoms with E-state index in [0.29, 0.717) is 36.7 Å². The summed E-state index contributed by atoms with van der Waals surface area (Å²) in [6, 6.07) is 12.4. The SMILES string of the molecule is O=C(O)c1cn2c3c(c(NCCCN4CCOCC4)c(F)cc3c1=O)Oc1ccc3ccccc3c1-2. The maximum Gasteiger partial charge on any atom is 0.341 e. The van der Waals surface area contributed by atoms with E-state index in [1.165, 1.54) is 6.20 Å². The van der Waals surface area contributed by atoms with Crippen molar-refractivity contribution in [3.05, 3.63) is 70.3 Å². The van der Waals surface area contributed by atoms with E-state index in [0.717, 1.165) is 42.9 Å². The van der Waals surface area contributed by atoms with Gasteiger partial charge in [0, 0.05) is 31.2 Å². The van der Waals surface area contributed by atoms with Gasteiger partial charge < -0.3 is 24.5 Å². The minimum atomic E-state index is -1.37. The summed E-state index contributed by atoms with van der Waals surface area (Å²) in [4.78, 5) is 27.2. The number of pyridine rings is 1. The molecule has 2 aliphatic heterocycles. The number of hydrogen-bond donors (Lipinski definition) is 2. The first-order valence-corrected chi connectivity index (χ1v) is 11.9. The van der Waals surface area contributed by atoms with E-state index in [4.69, 9.17) is 9.47 Å². The van der Waals surface area contributed by atoms with Crippen LogP contribution in [0.2, 0.25) is 0 Å². The topological polar surface area (TPSA) is 93.0 Å². The molecule has 3 aromatic carbocycles. The molecule has 0 saturated carbocycles. The quantitative estimate of drug-likeness (QED) is 0.345. The van der Waals surface area contributed by atoms with E-state index in [9.17, 15) is 14.7 Å². The molecule has 0 spiro atoms. The molecule has 8 nitrogen and oxygen atoms in total. The van der Waals surface area contributed by atoms with Crippen molar-refractivity contribution in [3.8, 4) is 17.2 Å². The Hall–Kier alpha value is -3.95. The summed E-state index contributed by atoms with van der Waals surface area (Å²) in [5.41, 5.74) is -0.0803. The summed E-state index contributed by atoms with van der Waals surface area (Å²) >= 11 is 0. The number of morpholine rings is 1. The third kappa shape index (κ3) is 3.68. The monoisotopic (exact) mass is 489 g/mol. The molecule has 0 amide bonds. The number of nitrogens with zero attached hydrogens (tertiary/aromatic N) is 2. The van der Waals surface area contributed by atoms with Gasteiger partial charge in [-0.05, 0) is 30.5 Å². The summed E-state index contributed by atoms with van der Waals surface area (Å²) in [7, 11) is 0. The molecule has 0 aliphatic carbocycles. The van der Waals surface area contributed by atoms with Crippen molar-refractivity contribution < 1.29 is 23.8 Å². The summed E-state index contributed by atoms with van der Waals surface area (Å²) in [6.07, 6.45) is 2.09. The zero-order chi connectivity index (χ0) is 24.8. The molecule has 184 valence electrons. The lowest BCUT2D eigenvalue weighted by atomic mass is 10.0. The van der Waals surface area contributed by atoms with Crippen LogP contribution in [0, 0.1) is 5.82 Å². The summed E-state index contributed by atoms with van der Waals surface area (Å²) in [5, 5.41) is 14.6. The number of carbonyl (C=O) groups is 1. The molecule has 6 rings (SSSR count). The smallest absolute Gasteiger partial charge is 0.341 e. The second-order valence-electron chi connectivity index (χ2n) is 8.98. The van der Waals surface area contributed by atoms with Gasteiger partial charge in [0.1, 0.15) is 16.8 Å². The molecule has 0 unspecified atom stereocenters. The predicted octanol–water partition coefficient (Wildman–Crippen LogP) is 4.22. The van der Waals surface area contributed by atoms with E-state index < -0.39 is 22.8 Å². The fraction of sp³-hybridized carbons (Fsp3) is 0.259. The van der Waals surface area contributed by atoms with Crippen LogP contribution >= 0.6 is 0 Å². The maximum atomic E-state index is 15.4. The van der Waals surface area contributed by atoms with Crippen LogP contribution in [-0.4, -0.2) is 59.9 Å². The van der Waals surface area contributed by atoms with Crippen LogP contribution in [0.25, 0.3) is 27.4 Å². The van der Waals surface area contributed by atoms with E-state index in [2.05, 4.69) is 10.2 Å². The molecule has 0 radical (unpaired) electrons. The van der Waals surface area contributed by atoms with Gasteiger partial charge in [-0.25, -0.2) is 9.18 Å². The van der Waals surface area contributed by atoms with Crippen LogP contribution in [0.1, 0.15) is 16.8 Å². The molecule has 2 aliphatic rings. The summed E-state index contributed by atoms with van der Waals surface area (Å²) < 4.78 is 28.6. The third-order valence-electron chi connectivity index (χ3n) is 6.80. The van der Waals surface area contributed by atoms with E-state index in [1.54, 1.807) is 10.6 Å². The van der Waals surface area contributed by atoms with Gasteiger partial charge in [0.05, 0.1) is 24.3 Å². The molecule has 9 heteroatoms. The van der Waals surface area contributed by atoms with Crippen LogP contribution in [0.5, 0.6) is 11.5 Å². The Morgan fingerprint density at radius 3 is 2.72 bits per heavy atom. The van der Waals surface area contributed by atoms with Crippen molar-refractivity contribution in [3.63, 3.8) is 0 Å². The predicted molar refractivity (Wildman–Crippen MR) is 134 cm³/mol. The first-order valence-electron chi connectivity index (χ1n) is 11.9. The van der Waals surface area contributed by atoms with E-state index in [-0.39, 0.29) is 16.8 Å². The van der Waals surface area contributed by atoms with Gasteiger partial charge in [-0.2, -0.15) is 0 Å². The molecule has 4 aromatic rings. The lowest BCUT2D eigenvalue weighted by molar-refractivity contribution is 0.0378. The average Bonchev–Trinajstić information content (AvgIpc) is 2.89. The average molecular weight is 490 g/mol. The van der Waals surface area contributed by atoms with Crippen molar-refractivity contribution in [2.75, 3.05) is 44.7 Å². The van der Waals surface area contributed by atoms with Crippen LogP contribution in [-0.2, 0) is 4.74 Å². The highest BCUT2D eigenvalue weighted by atomic mass is 19.1.